The summed E-state index contributed by atoms with van der Waals surface area (Å²) < 4.78 is 5.83. The van der Waals surface area contributed by atoms with E-state index in [0.29, 0.717) is 6.54 Å². The average Bonchev–Trinajstić information content (AvgIpc) is 2.39. The van der Waals surface area contributed by atoms with E-state index >= 15 is 0 Å². The van der Waals surface area contributed by atoms with E-state index in [0.717, 1.165) is 25.3 Å². The van der Waals surface area contributed by atoms with Crippen LogP contribution >= 0.6 is 11.8 Å². The Labute approximate surface area is 119 Å². The molecule has 2 rings (SSSR count). The number of nitrogens with one attached hydrogen (secondary N) is 1. The largest absolute Gasteiger partial charge is 0.388 e. The smallest absolute Gasteiger partial charge is 0.0952 e. The van der Waals surface area contributed by atoms with E-state index in [1.807, 2.05) is 13.2 Å². The number of ether oxygens (including phenoxy) is 1. The minimum absolute atomic E-state index is 0.107. The molecule has 2 atom stereocenters. The zero-order valence-electron chi connectivity index (χ0n) is 11.7. The lowest BCUT2D eigenvalue weighted by molar-refractivity contribution is 0.0339. The van der Waals surface area contributed by atoms with Crippen LogP contribution in [-0.2, 0) is 11.2 Å². The zero-order valence-corrected chi connectivity index (χ0v) is 12.5. The molecule has 0 aliphatic carbocycles. The van der Waals surface area contributed by atoms with Crippen molar-refractivity contribution in [1.29, 1.82) is 0 Å². The van der Waals surface area contributed by atoms with Gasteiger partial charge in [-0.15, -0.1) is 0 Å². The minimum Gasteiger partial charge on any atom is -0.388 e. The first-order chi connectivity index (χ1) is 9.12. The molecule has 0 saturated carbocycles. The molecule has 0 fully saturated rings. The average molecular weight is 281 g/mol. The Morgan fingerprint density at radius 2 is 2.26 bits per heavy atom. The van der Waals surface area contributed by atoms with Crippen LogP contribution in [-0.4, -0.2) is 42.4 Å². The monoisotopic (exact) mass is 281 g/mol. The molecule has 2 unspecified atom stereocenters. The summed E-state index contributed by atoms with van der Waals surface area (Å²) in [6.07, 6.45) is 3.11. The SMILES string of the molecule is CSCC(C)(O)CNCC1OCCc2ccccc21. The quantitative estimate of drug-likeness (QED) is 0.837. The number of thioether (sulfide) groups is 1. The van der Waals surface area contributed by atoms with Gasteiger partial charge < -0.3 is 15.2 Å². The van der Waals surface area contributed by atoms with Gasteiger partial charge in [0, 0.05) is 18.8 Å². The van der Waals surface area contributed by atoms with E-state index in [9.17, 15) is 5.11 Å². The van der Waals surface area contributed by atoms with Crippen LogP contribution in [0.2, 0.25) is 0 Å². The molecule has 1 aromatic carbocycles. The van der Waals surface area contributed by atoms with Crippen LogP contribution < -0.4 is 5.32 Å². The Morgan fingerprint density at radius 1 is 1.47 bits per heavy atom. The summed E-state index contributed by atoms with van der Waals surface area (Å²) in [4.78, 5) is 0. The lowest BCUT2D eigenvalue weighted by Gasteiger charge is -2.28. The van der Waals surface area contributed by atoms with Gasteiger partial charge in [-0.3, -0.25) is 0 Å². The van der Waals surface area contributed by atoms with E-state index < -0.39 is 5.60 Å². The maximum atomic E-state index is 10.1. The van der Waals surface area contributed by atoms with E-state index in [1.54, 1.807) is 11.8 Å². The number of hydrogen-bond acceptors (Lipinski definition) is 4. The Morgan fingerprint density at radius 3 is 3.05 bits per heavy atom. The first-order valence-electron chi connectivity index (χ1n) is 6.74. The Kier molecular flexibility index (Phi) is 5.28. The molecule has 0 amide bonds. The van der Waals surface area contributed by atoms with Crippen molar-refractivity contribution in [2.45, 2.75) is 25.0 Å². The molecule has 0 saturated heterocycles. The van der Waals surface area contributed by atoms with Crippen molar-refractivity contribution in [1.82, 2.24) is 5.32 Å². The van der Waals surface area contributed by atoms with Crippen LogP contribution in [0.15, 0.2) is 24.3 Å². The van der Waals surface area contributed by atoms with Crippen molar-refractivity contribution in [3.63, 3.8) is 0 Å². The summed E-state index contributed by atoms with van der Waals surface area (Å²) in [6, 6.07) is 8.46. The fraction of sp³-hybridized carbons (Fsp3) is 0.600. The normalized spacial score (nSPS) is 21.7. The van der Waals surface area contributed by atoms with Crippen LogP contribution in [0.5, 0.6) is 0 Å². The van der Waals surface area contributed by atoms with Gasteiger partial charge in [0.2, 0.25) is 0 Å². The third kappa shape index (κ3) is 4.21. The molecule has 106 valence electrons. The standard InChI is InChI=1S/C15H23NO2S/c1-15(17,11-19-2)10-16-9-14-13-6-4-3-5-12(13)7-8-18-14/h3-6,14,16-17H,7-11H2,1-2H3. The molecule has 2 N–H and O–H groups in total. The van der Waals surface area contributed by atoms with Crippen molar-refractivity contribution in [3.8, 4) is 0 Å². The highest BCUT2D eigenvalue weighted by molar-refractivity contribution is 7.98. The molecule has 0 spiro atoms. The highest BCUT2D eigenvalue weighted by atomic mass is 32.2. The highest BCUT2D eigenvalue weighted by Crippen LogP contribution is 2.26. The number of rotatable bonds is 6. The zero-order chi connectivity index (χ0) is 13.7. The summed E-state index contributed by atoms with van der Waals surface area (Å²) in [5.41, 5.74) is 2.01. The van der Waals surface area contributed by atoms with E-state index in [1.165, 1.54) is 11.1 Å². The van der Waals surface area contributed by atoms with Gasteiger partial charge in [-0.05, 0) is 30.7 Å². The molecule has 1 aliphatic heterocycles. The van der Waals surface area contributed by atoms with E-state index in [2.05, 4.69) is 29.6 Å². The van der Waals surface area contributed by atoms with Crippen molar-refractivity contribution >= 4 is 11.8 Å². The lowest BCUT2D eigenvalue weighted by Crippen LogP contribution is -2.42. The second-order valence-corrected chi connectivity index (χ2v) is 6.24. The second-order valence-electron chi connectivity index (χ2n) is 5.37. The van der Waals surface area contributed by atoms with Crippen LogP contribution in [0, 0.1) is 0 Å². The summed E-state index contributed by atoms with van der Waals surface area (Å²) in [7, 11) is 0. The molecule has 0 radical (unpaired) electrons. The van der Waals surface area contributed by atoms with Crippen LogP contribution in [0.1, 0.15) is 24.2 Å². The molecule has 1 heterocycles. The van der Waals surface area contributed by atoms with Crippen molar-refractivity contribution in [2.75, 3.05) is 31.7 Å². The fourth-order valence-corrected chi connectivity index (χ4v) is 3.20. The van der Waals surface area contributed by atoms with Gasteiger partial charge in [0.05, 0.1) is 18.3 Å². The van der Waals surface area contributed by atoms with E-state index in [-0.39, 0.29) is 6.10 Å². The van der Waals surface area contributed by atoms with Gasteiger partial charge in [-0.2, -0.15) is 11.8 Å². The van der Waals surface area contributed by atoms with Crippen molar-refractivity contribution in [2.24, 2.45) is 0 Å². The summed E-state index contributed by atoms with van der Waals surface area (Å²) in [5, 5.41) is 13.4. The molecular weight excluding hydrogens is 258 g/mol. The first-order valence-corrected chi connectivity index (χ1v) is 8.13. The maximum Gasteiger partial charge on any atom is 0.0952 e. The third-order valence-corrected chi connectivity index (χ3v) is 4.29. The molecule has 19 heavy (non-hydrogen) atoms. The van der Waals surface area contributed by atoms with Gasteiger partial charge in [0.25, 0.3) is 0 Å². The highest BCUT2D eigenvalue weighted by Gasteiger charge is 2.23. The molecule has 1 aliphatic rings. The summed E-state index contributed by atoms with van der Waals surface area (Å²) >= 11 is 1.66. The number of fused-ring (bicyclic) bond motifs is 1. The predicted molar refractivity (Wildman–Crippen MR) is 80.7 cm³/mol. The van der Waals surface area contributed by atoms with Crippen molar-refractivity contribution < 1.29 is 9.84 Å². The van der Waals surface area contributed by atoms with Crippen LogP contribution in [0.3, 0.4) is 0 Å². The molecule has 0 bridgehead atoms. The molecule has 3 nitrogen and oxygen atoms in total. The third-order valence-electron chi connectivity index (χ3n) is 3.38. The predicted octanol–water partition coefficient (Wildman–Crippen LogP) is 2.00. The Bertz CT molecular complexity index is 409. The second kappa shape index (κ2) is 6.75. The molecular formula is C15H23NO2S. The van der Waals surface area contributed by atoms with Crippen LogP contribution in [0.4, 0.5) is 0 Å². The molecule has 4 heteroatoms. The number of aliphatic hydroxyl groups is 1. The van der Waals surface area contributed by atoms with Gasteiger partial charge in [0.1, 0.15) is 0 Å². The Balaban J connectivity index is 1.88. The van der Waals surface area contributed by atoms with Gasteiger partial charge in [-0.1, -0.05) is 24.3 Å². The van der Waals surface area contributed by atoms with Gasteiger partial charge in [0.15, 0.2) is 0 Å². The maximum absolute atomic E-state index is 10.1. The topological polar surface area (TPSA) is 41.5 Å². The summed E-state index contributed by atoms with van der Waals surface area (Å²) in [6.45, 7) is 3.99. The molecule has 0 aromatic heterocycles. The van der Waals surface area contributed by atoms with Crippen molar-refractivity contribution in [3.05, 3.63) is 35.4 Å². The minimum atomic E-state index is -0.659. The lowest BCUT2D eigenvalue weighted by atomic mass is 9.97. The first kappa shape index (κ1) is 14.9. The fourth-order valence-electron chi connectivity index (χ4n) is 2.48. The van der Waals surface area contributed by atoms with Crippen LogP contribution in [0.25, 0.3) is 0 Å². The van der Waals surface area contributed by atoms with Gasteiger partial charge >= 0.3 is 0 Å². The molecule has 1 aromatic rings. The Hall–Kier alpha value is -0.550. The number of hydrogen-bond donors (Lipinski definition) is 2. The number of benzene rings is 1. The summed E-state index contributed by atoms with van der Waals surface area (Å²) in [5.74, 6) is 0.738. The van der Waals surface area contributed by atoms with E-state index in [4.69, 9.17) is 4.74 Å². The van der Waals surface area contributed by atoms with Gasteiger partial charge in [-0.25, -0.2) is 0 Å².